The minimum atomic E-state index is -0.521. The van der Waals surface area contributed by atoms with Crippen LogP contribution in [0.4, 0.5) is 0 Å². The number of hydrogen-bond acceptors (Lipinski definition) is 3. The minimum Gasteiger partial charge on any atom is -0.390 e. The summed E-state index contributed by atoms with van der Waals surface area (Å²) in [5.74, 6) is 0.789. The molecule has 33 heavy (non-hydrogen) atoms. The standard InChI is InChI=1S/C26H25Cl2N3O2/c27-18-4-6-24-21(9-18)22-10-19(28)5-7-25(22)30(24)15-20(32)14-29-11-16-8-17(13-29)23-2-1-3-26(33)31(23)12-16/h1-7,9-10,16-17,20,32H,8,11-15H2/t16-,17+,20?/m1/s1. The molecule has 1 fully saturated rings. The molecule has 4 aromatic rings. The first-order chi connectivity index (χ1) is 16.0. The van der Waals surface area contributed by atoms with E-state index in [0.29, 0.717) is 35.0 Å². The third-order valence-corrected chi connectivity index (χ3v) is 7.68. The lowest BCUT2D eigenvalue weighted by molar-refractivity contribution is 0.0558. The first kappa shape index (κ1) is 21.2. The first-order valence-electron chi connectivity index (χ1n) is 11.4. The molecular weight excluding hydrogens is 457 g/mol. The third-order valence-electron chi connectivity index (χ3n) is 7.21. The van der Waals surface area contributed by atoms with Crippen LogP contribution >= 0.6 is 23.2 Å². The van der Waals surface area contributed by atoms with Gasteiger partial charge in [-0.3, -0.25) is 9.69 Å². The van der Waals surface area contributed by atoms with Crippen molar-refractivity contribution in [1.29, 1.82) is 0 Å². The largest absolute Gasteiger partial charge is 0.390 e. The SMILES string of the molecule is O=c1cccc2n1C[C@@H]1C[C@H]2CN(CC(O)Cn2c3ccc(Cl)cc3c3cc(Cl)ccc32)C1. The molecule has 2 aromatic carbocycles. The van der Waals surface area contributed by atoms with E-state index in [0.717, 1.165) is 53.6 Å². The van der Waals surface area contributed by atoms with Crippen molar-refractivity contribution in [2.24, 2.45) is 5.92 Å². The average Bonchev–Trinajstić information content (AvgIpc) is 3.06. The predicted molar refractivity (Wildman–Crippen MR) is 133 cm³/mol. The molecule has 3 atom stereocenters. The summed E-state index contributed by atoms with van der Waals surface area (Å²) >= 11 is 12.6. The minimum absolute atomic E-state index is 0.0993. The van der Waals surface area contributed by atoms with Crippen molar-refractivity contribution in [2.75, 3.05) is 19.6 Å². The van der Waals surface area contributed by atoms with Gasteiger partial charge in [-0.1, -0.05) is 29.3 Å². The van der Waals surface area contributed by atoms with E-state index in [-0.39, 0.29) is 5.56 Å². The Hall–Kier alpha value is -2.31. The summed E-state index contributed by atoms with van der Waals surface area (Å²) in [6.45, 7) is 3.65. The van der Waals surface area contributed by atoms with Crippen LogP contribution in [0.3, 0.4) is 0 Å². The van der Waals surface area contributed by atoms with Gasteiger partial charge in [-0.15, -0.1) is 0 Å². The zero-order valence-corrected chi connectivity index (χ0v) is 19.6. The number of likely N-dealkylation sites (tertiary alicyclic amines) is 1. The van der Waals surface area contributed by atoms with Gasteiger partial charge < -0.3 is 14.2 Å². The molecule has 6 rings (SSSR count). The number of nitrogens with zero attached hydrogens (tertiary/aromatic N) is 3. The van der Waals surface area contributed by atoms with Crippen LogP contribution < -0.4 is 5.56 Å². The molecule has 0 saturated carbocycles. The molecule has 0 spiro atoms. The highest BCUT2D eigenvalue weighted by Crippen LogP contribution is 2.36. The molecule has 4 heterocycles. The van der Waals surface area contributed by atoms with Gasteiger partial charge in [0.2, 0.25) is 0 Å². The highest BCUT2D eigenvalue weighted by molar-refractivity contribution is 6.33. The maximum Gasteiger partial charge on any atom is 0.250 e. The number of aliphatic hydroxyl groups excluding tert-OH is 1. The van der Waals surface area contributed by atoms with Crippen molar-refractivity contribution >= 4 is 45.0 Å². The maximum atomic E-state index is 12.3. The Bertz CT molecular complexity index is 1370. The summed E-state index contributed by atoms with van der Waals surface area (Å²) in [6, 6.07) is 17.3. The molecule has 2 bridgehead atoms. The zero-order valence-electron chi connectivity index (χ0n) is 18.1. The summed E-state index contributed by atoms with van der Waals surface area (Å²) in [5.41, 5.74) is 3.32. The number of halogens is 2. The van der Waals surface area contributed by atoms with Crippen molar-refractivity contribution in [3.63, 3.8) is 0 Å². The molecule has 1 unspecified atom stereocenters. The number of aliphatic hydroxyl groups is 1. The van der Waals surface area contributed by atoms with E-state index in [2.05, 4.69) is 15.5 Å². The van der Waals surface area contributed by atoms with Crippen molar-refractivity contribution < 1.29 is 5.11 Å². The number of aromatic nitrogens is 2. The number of benzene rings is 2. The van der Waals surface area contributed by atoms with Gasteiger partial charge in [0.15, 0.2) is 0 Å². The summed E-state index contributed by atoms with van der Waals surface area (Å²) < 4.78 is 4.11. The topological polar surface area (TPSA) is 50.4 Å². The second kappa shape index (κ2) is 8.17. The molecule has 0 amide bonds. The van der Waals surface area contributed by atoms with Crippen LogP contribution in [0.1, 0.15) is 18.0 Å². The molecule has 1 saturated heterocycles. The third kappa shape index (κ3) is 3.77. The average molecular weight is 482 g/mol. The van der Waals surface area contributed by atoms with E-state index in [4.69, 9.17) is 23.2 Å². The van der Waals surface area contributed by atoms with E-state index in [1.807, 2.05) is 47.0 Å². The van der Waals surface area contributed by atoms with Gasteiger partial charge in [-0.05, 0) is 54.8 Å². The van der Waals surface area contributed by atoms with E-state index >= 15 is 0 Å². The number of β-amino-alcohol motifs (C(OH)–C–C–N with tert-alkyl or cyclic N) is 1. The summed E-state index contributed by atoms with van der Waals surface area (Å²) in [5, 5.41) is 14.6. The number of pyridine rings is 1. The Labute approximate surface area is 201 Å². The molecule has 5 nitrogen and oxygen atoms in total. The van der Waals surface area contributed by atoms with Crippen molar-refractivity contribution in [3.8, 4) is 0 Å². The molecule has 0 aliphatic carbocycles. The van der Waals surface area contributed by atoms with Crippen molar-refractivity contribution in [3.05, 3.63) is 80.7 Å². The van der Waals surface area contributed by atoms with Gasteiger partial charge in [0.05, 0.1) is 12.6 Å². The second-order valence-electron chi connectivity index (χ2n) is 9.50. The van der Waals surface area contributed by atoms with Gasteiger partial charge in [0.25, 0.3) is 5.56 Å². The van der Waals surface area contributed by atoms with Gasteiger partial charge in [-0.25, -0.2) is 0 Å². The fourth-order valence-corrected chi connectivity index (χ4v) is 6.30. The zero-order chi connectivity index (χ0) is 22.7. The lowest BCUT2D eigenvalue weighted by Crippen LogP contribution is -2.49. The van der Waals surface area contributed by atoms with Crippen molar-refractivity contribution in [1.82, 2.24) is 14.0 Å². The summed E-state index contributed by atoms with van der Waals surface area (Å²) in [4.78, 5) is 14.6. The van der Waals surface area contributed by atoms with Crippen LogP contribution in [-0.2, 0) is 13.1 Å². The Morgan fingerprint density at radius 3 is 2.30 bits per heavy atom. The molecule has 170 valence electrons. The molecular formula is C26H25Cl2N3O2. The summed E-state index contributed by atoms with van der Waals surface area (Å²) in [6.07, 6.45) is 0.594. The molecule has 2 aromatic heterocycles. The fraction of sp³-hybridized carbons (Fsp3) is 0.346. The highest BCUT2D eigenvalue weighted by atomic mass is 35.5. The normalized spacial score (nSPS) is 21.4. The Morgan fingerprint density at radius 2 is 1.61 bits per heavy atom. The quantitative estimate of drug-likeness (QED) is 0.457. The van der Waals surface area contributed by atoms with Crippen molar-refractivity contribution in [2.45, 2.75) is 31.5 Å². The lowest BCUT2D eigenvalue weighted by atomic mass is 9.83. The Balaban J connectivity index is 1.26. The number of fused-ring (bicyclic) bond motifs is 7. The highest BCUT2D eigenvalue weighted by Gasteiger charge is 2.35. The smallest absolute Gasteiger partial charge is 0.250 e. The number of hydrogen-bond donors (Lipinski definition) is 1. The Morgan fingerprint density at radius 1 is 0.909 bits per heavy atom. The predicted octanol–water partition coefficient (Wildman–Crippen LogP) is 4.74. The van der Waals surface area contributed by atoms with Crippen LogP contribution in [-0.4, -0.2) is 44.9 Å². The molecule has 2 aliphatic rings. The fourth-order valence-electron chi connectivity index (χ4n) is 5.96. The van der Waals surface area contributed by atoms with Crippen LogP contribution in [0.15, 0.2) is 59.4 Å². The van der Waals surface area contributed by atoms with E-state index in [1.165, 1.54) is 0 Å². The van der Waals surface area contributed by atoms with Gasteiger partial charge >= 0.3 is 0 Å². The van der Waals surface area contributed by atoms with Crippen LogP contribution in [0.25, 0.3) is 21.8 Å². The second-order valence-corrected chi connectivity index (χ2v) is 10.4. The van der Waals surface area contributed by atoms with Crippen LogP contribution in [0.2, 0.25) is 10.0 Å². The van der Waals surface area contributed by atoms with Gasteiger partial charge in [0, 0.05) is 75.7 Å². The molecule has 1 N–H and O–H groups in total. The van der Waals surface area contributed by atoms with Crippen LogP contribution in [0.5, 0.6) is 0 Å². The van der Waals surface area contributed by atoms with Crippen LogP contribution in [0, 0.1) is 5.92 Å². The maximum absolute atomic E-state index is 12.3. The molecule has 0 radical (unpaired) electrons. The Kier molecular flexibility index (Phi) is 5.26. The van der Waals surface area contributed by atoms with E-state index < -0.39 is 6.10 Å². The van der Waals surface area contributed by atoms with Gasteiger partial charge in [0.1, 0.15) is 0 Å². The molecule has 7 heteroatoms. The number of rotatable bonds is 4. The first-order valence-corrected chi connectivity index (χ1v) is 12.2. The summed E-state index contributed by atoms with van der Waals surface area (Å²) in [7, 11) is 0. The number of piperidine rings is 1. The monoisotopic (exact) mass is 481 g/mol. The molecule has 2 aliphatic heterocycles. The van der Waals surface area contributed by atoms with E-state index in [9.17, 15) is 9.90 Å². The van der Waals surface area contributed by atoms with E-state index in [1.54, 1.807) is 6.07 Å². The van der Waals surface area contributed by atoms with Gasteiger partial charge in [-0.2, -0.15) is 0 Å². The lowest BCUT2D eigenvalue weighted by Gasteiger charge is -2.43.